The van der Waals surface area contributed by atoms with Crippen LogP contribution in [-0.4, -0.2) is 46.1 Å². The standard InChI is InChI=1S/C19H19FN6O2.ClH/c20-13-3-1-12(2-4-13)15-9-17(27)26(24-15)19-22-16-11-21-10-14(16)18(23-19)25-5-7-28-8-6-25;/h1-4,9,21,24H,5-8,10-11H2;1H. The minimum Gasteiger partial charge on any atom is -0.378 e. The number of nitrogens with one attached hydrogen (secondary N) is 2. The van der Waals surface area contributed by atoms with Crippen molar-refractivity contribution in [1.29, 1.82) is 0 Å². The van der Waals surface area contributed by atoms with E-state index in [1.165, 1.54) is 22.9 Å². The van der Waals surface area contributed by atoms with Crippen molar-refractivity contribution in [1.82, 2.24) is 25.1 Å². The van der Waals surface area contributed by atoms with Crippen molar-refractivity contribution in [3.8, 4) is 17.2 Å². The van der Waals surface area contributed by atoms with Crippen LogP contribution in [-0.2, 0) is 17.8 Å². The molecule has 5 rings (SSSR count). The van der Waals surface area contributed by atoms with Crippen molar-refractivity contribution in [2.24, 2.45) is 0 Å². The molecule has 0 aliphatic carbocycles. The number of benzene rings is 1. The second-order valence-corrected chi connectivity index (χ2v) is 6.83. The highest BCUT2D eigenvalue weighted by Crippen LogP contribution is 2.26. The predicted octanol–water partition coefficient (Wildman–Crippen LogP) is 1.62. The Bertz CT molecular complexity index is 1080. The topological polar surface area (TPSA) is 88.1 Å². The van der Waals surface area contributed by atoms with Gasteiger partial charge >= 0.3 is 0 Å². The van der Waals surface area contributed by atoms with E-state index in [4.69, 9.17) is 9.72 Å². The van der Waals surface area contributed by atoms with Crippen LogP contribution in [0.3, 0.4) is 0 Å². The number of H-pyrrole nitrogens is 1. The summed E-state index contributed by atoms with van der Waals surface area (Å²) in [4.78, 5) is 24.1. The molecular formula is C19H20ClFN6O2. The Balaban J connectivity index is 0.00000205. The van der Waals surface area contributed by atoms with Crippen molar-refractivity contribution in [3.63, 3.8) is 0 Å². The summed E-state index contributed by atoms with van der Waals surface area (Å²) in [7, 11) is 0. The summed E-state index contributed by atoms with van der Waals surface area (Å²) >= 11 is 0. The van der Waals surface area contributed by atoms with E-state index in [-0.39, 0.29) is 23.8 Å². The summed E-state index contributed by atoms with van der Waals surface area (Å²) in [6.07, 6.45) is 0. The van der Waals surface area contributed by atoms with Crippen LogP contribution in [0.4, 0.5) is 10.2 Å². The highest BCUT2D eigenvalue weighted by molar-refractivity contribution is 5.85. The zero-order valence-corrected chi connectivity index (χ0v) is 16.3. The van der Waals surface area contributed by atoms with Gasteiger partial charge in [0.15, 0.2) is 0 Å². The first kappa shape index (κ1) is 19.6. The van der Waals surface area contributed by atoms with Crippen LogP contribution >= 0.6 is 12.4 Å². The lowest BCUT2D eigenvalue weighted by atomic mass is 10.1. The molecule has 29 heavy (non-hydrogen) atoms. The zero-order valence-electron chi connectivity index (χ0n) is 15.5. The molecule has 2 aliphatic rings. The Hall–Kier alpha value is -2.75. The number of rotatable bonds is 3. The van der Waals surface area contributed by atoms with Crippen LogP contribution in [0.15, 0.2) is 35.1 Å². The number of aromatic nitrogens is 4. The highest BCUT2D eigenvalue weighted by atomic mass is 35.5. The smallest absolute Gasteiger partial charge is 0.274 e. The quantitative estimate of drug-likeness (QED) is 0.672. The van der Waals surface area contributed by atoms with Crippen molar-refractivity contribution >= 4 is 18.2 Å². The van der Waals surface area contributed by atoms with Crippen LogP contribution in [0.1, 0.15) is 11.3 Å². The second kappa shape index (κ2) is 7.94. The SMILES string of the molecule is Cl.O=c1cc(-c2ccc(F)cc2)[nH]n1-c1nc2c(c(N3CCOCC3)n1)CNC2. The zero-order chi connectivity index (χ0) is 19.1. The van der Waals surface area contributed by atoms with Crippen LogP contribution in [0, 0.1) is 5.82 Å². The fraction of sp³-hybridized carbons (Fsp3) is 0.316. The Kier molecular flexibility index (Phi) is 5.35. The van der Waals surface area contributed by atoms with E-state index >= 15 is 0 Å². The van der Waals surface area contributed by atoms with E-state index < -0.39 is 0 Å². The average molecular weight is 419 g/mol. The van der Waals surface area contributed by atoms with Gasteiger partial charge < -0.3 is 15.0 Å². The Morgan fingerprint density at radius 3 is 2.59 bits per heavy atom. The van der Waals surface area contributed by atoms with E-state index in [1.807, 2.05) is 0 Å². The molecule has 8 nitrogen and oxygen atoms in total. The van der Waals surface area contributed by atoms with Gasteiger partial charge in [0.2, 0.25) is 0 Å². The summed E-state index contributed by atoms with van der Waals surface area (Å²) in [6.45, 7) is 4.16. The molecule has 0 unspecified atom stereocenters. The number of aromatic amines is 1. The molecule has 0 atom stereocenters. The number of halogens is 2. The molecule has 4 heterocycles. The van der Waals surface area contributed by atoms with Gasteiger partial charge in [-0.05, 0) is 29.8 Å². The lowest BCUT2D eigenvalue weighted by molar-refractivity contribution is 0.122. The largest absolute Gasteiger partial charge is 0.378 e. The van der Waals surface area contributed by atoms with Crippen LogP contribution in [0.25, 0.3) is 17.2 Å². The van der Waals surface area contributed by atoms with Gasteiger partial charge in [0.1, 0.15) is 11.6 Å². The average Bonchev–Trinajstić information content (AvgIpc) is 3.35. The fourth-order valence-electron chi connectivity index (χ4n) is 3.60. The molecule has 1 saturated heterocycles. The number of hydrogen-bond acceptors (Lipinski definition) is 6. The highest BCUT2D eigenvalue weighted by Gasteiger charge is 2.25. The molecule has 0 radical (unpaired) electrons. The Morgan fingerprint density at radius 2 is 1.83 bits per heavy atom. The van der Waals surface area contributed by atoms with Gasteiger partial charge in [-0.3, -0.25) is 9.89 Å². The number of morpholine rings is 1. The van der Waals surface area contributed by atoms with Crippen LogP contribution in [0.2, 0.25) is 0 Å². The fourth-order valence-corrected chi connectivity index (χ4v) is 3.60. The summed E-state index contributed by atoms with van der Waals surface area (Å²) in [6, 6.07) is 7.43. The maximum absolute atomic E-state index is 13.2. The second-order valence-electron chi connectivity index (χ2n) is 6.83. The van der Waals surface area contributed by atoms with Crippen molar-refractivity contribution in [2.75, 3.05) is 31.2 Å². The van der Waals surface area contributed by atoms with Gasteiger partial charge in [0.25, 0.3) is 11.5 Å². The van der Waals surface area contributed by atoms with Gasteiger partial charge in [0.05, 0.1) is 24.6 Å². The van der Waals surface area contributed by atoms with Gasteiger partial charge in [-0.1, -0.05) is 0 Å². The van der Waals surface area contributed by atoms with Gasteiger partial charge in [-0.15, -0.1) is 12.4 Å². The summed E-state index contributed by atoms with van der Waals surface area (Å²) in [5, 5.41) is 6.35. The molecular weight excluding hydrogens is 399 g/mol. The number of ether oxygens (including phenoxy) is 1. The molecule has 0 spiro atoms. The number of nitrogens with zero attached hydrogens (tertiary/aromatic N) is 4. The molecule has 2 N–H and O–H groups in total. The Labute approximate surface area is 172 Å². The summed E-state index contributed by atoms with van der Waals surface area (Å²) in [5.41, 5.74) is 3.01. The normalized spacial score (nSPS) is 15.8. The summed E-state index contributed by atoms with van der Waals surface area (Å²) < 4.78 is 20.0. The predicted molar refractivity (Wildman–Crippen MR) is 108 cm³/mol. The maximum atomic E-state index is 13.2. The minimum absolute atomic E-state index is 0. The molecule has 0 bridgehead atoms. The third-order valence-corrected chi connectivity index (χ3v) is 5.04. The number of fused-ring (bicyclic) bond motifs is 1. The van der Waals surface area contributed by atoms with E-state index in [2.05, 4.69) is 20.3 Å². The van der Waals surface area contributed by atoms with Crippen molar-refractivity contribution in [2.45, 2.75) is 13.1 Å². The minimum atomic E-state index is -0.324. The summed E-state index contributed by atoms with van der Waals surface area (Å²) in [5.74, 6) is 0.829. The molecule has 0 saturated carbocycles. The number of hydrogen-bond donors (Lipinski definition) is 2. The van der Waals surface area contributed by atoms with Crippen LogP contribution < -0.4 is 15.8 Å². The van der Waals surface area contributed by atoms with Gasteiger partial charge in [-0.2, -0.15) is 9.67 Å². The first-order valence-electron chi connectivity index (χ1n) is 9.20. The first-order chi connectivity index (χ1) is 13.7. The molecule has 0 amide bonds. The molecule has 152 valence electrons. The van der Waals surface area contributed by atoms with Gasteiger partial charge in [-0.25, -0.2) is 9.37 Å². The van der Waals surface area contributed by atoms with E-state index in [1.54, 1.807) is 12.1 Å². The Morgan fingerprint density at radius 1 is 1.07 bits per heavy atom. The molecule has 1 aromatic carbocycles. The third-order valence-electron chi connectivity index (χ3n) is 5.04. The monoisotopic (exact) mass is 418 g/mol. The van der Waals surface area contributed by atoms with Gasteiger partial charge in [0, 0.05) is 37.8 Å². The molecule has 1 fully saturated rings. The maximum Gasteiger partial charge on any atom is 0.274 e. The lowest BCUT2D eigenvalue weighted by Gasteiger charge is -2.29. The first-order valence-corrected chi connectivity index (χ1v) is 9.20. The van der Waals surface area contributed by atoms with Crippen LogP contribution in [0.5, 0.6) is 0 Å². The molecule has 2 aliphatic heterocycles. The van der Waals surface area contributed by atoms with E-state index in [0.717, 1.165) is 30.2 Å². The van der Waals surface area contributed by atoms with E-state index in [0.29, 0.717) is 43.5 Å². The van der Waals surface area contributed by atoms with E-state index in [9.17, 15) is 9.18 Å². The number of anilines is 1. The third kappa shape index (κ3) is 3.64. The molecule has 3 aromatic rings. The van der Waals surface area contributed by atoms with Crippen molar-refractivity contribution < 1.29 is 9.13 Å². The van der Waals surface area contributed by atoms with Crippen molar-refractivity contribution in [3.05, 3.63) is 57.8 Å². The molecule has 2 aromatic heterocycles. The molecule has 10 heteroatoms. The lowest BCUT2D eigenvalue weighted by Crippen LogP contribution is -2.38.